The molecule has 1 saturated heterocycles. The molecule has 2 aromatic rings. The highest BCUT2D eigenvalue weighted by atomic mass is 16.5. The van der Waals surface area contributed by atoms with Crippen molar-refractivity contribution in [1.82, 2.24) is 10.3 Å². The van der Waals surface area contributed by atoms with Crippen LogP contribution in [0.2, 0.25) is 0 Å². The van der Waals surface area contributed by atoms with Crippen LogP contribution in [0.3, 0.4) is 0 Å². The quantitative estimate of drug-likeness (QED) is 0.391. The number of hydrogen-bond donors (Lipinski definition) is 2. The van der Waals surface area contributed by atoms with Crippen molar-refractivity contribution in [3.63, 3.8) is 0 Å². The lowest BCUT2D eigenvalue weighted by atomic mass is 10.2. The summed E-state index contributed by atoms with van der Waals surface area (Å²) in [5.41, 5.74) is 4.35. The lowest BCUT2D eigenvalue weighted by Gasteiger charge is -2.16. The molecular weight excluding hydrogens is 412 g/mol. The third-order valence-electron chi connectivity index (χ3n) is 4.89. The molecule has 2 N–H and O–H groups in total. The molecule has 0 saturated carbocycles. The Morgan fingerprint density at radius 2 is 1.75 bits per heavy atom. The van der Waals surface area contributed by atoms with E-state index in [1.807, 2.05) is 19.1 Å². The molecule has 1 heterocycles. The number of likely N-dealkylation sites (tertiary alicyclic amines) is 1. The second-order valence-corrected chi connectivity index (χ2v) is 7.31. The topological polar surface area (TPSA) is 109 Å². The average Bonchev–Trinajstić information content (AvgIpc) is 3.34. The number of ether oxygens (including phenoxy) is 2. The Bertz CT molecular complexity index is 998. The number of aryl methyl sites for hydroxylation is 1. The van der Waals surface area contributed by atoms with Crippen LogP contribution in [-0.2, 0) is 14.4 Å². The number of carbonyl (C=O) groups excluding carboxylic acids is 3. The van der Waals surface area contributed by atoms with Crippen LogP contribution < -0.4 is 20.2 Å². The van der Waals surface area contributed by atoms with Crippen LogP contribution in [0.4, 0.5) is 5.69 Å². The van der Waals surface area contributed by atoms with E-state index in [-0.39, 0.29) is 12.5 Å². The molecule has 0 unspecified atom stereocenters. The van der Waals surface area contributed by atoms with Gasteiger partial charge in [0.25, 0.3) is 5.91 Å². The first-order valence-corrected chi connectivity index (χ1v) is 10.3. The number of nitrogens with one attached hydrogen (secondary N) is 2. The summed E-state index contributed by atoms with van der Waals surface area (Å²) >= 11 is 0. The first-order valence-electron chi connectivity index (χ1n) is 10.3. The van der Waals surface area contributed by atoms with Gasteiger partial charge in [0.05, 0.1) is 13.3 Å². The zero-order valence-electron chi connectivity index (χ0n) is 18.1. The molecule has 1 aliphatic rings. The van der Waals surface area contributed by atoms with E-state index in [0.29, 0.717) is 22.7 Å². The van der Waals surface area contributed by atoms with Crippen molar-refractivity contribution in [3.8, 4) is 11.5 Å². The van der Waals surface area contributed by atoms with Gasteiger partial charge >= 0.3 is 11.8 Å². The second kappa shape index (κ2) is 10.9. The Kier molecular flexibility index (Phi) is 7.80. The molecule has 0 atom stereocenters. The SMILES string of the molecule is COc1cc(/C=N\NC(=O)C(=O)Nc2ccc(C)cc2)ccc1OCC(=O)N1CCCC1. The molecule has 0 radical (unpaired) electrons. The van der Waals surface area contributed by atoms with Crippen molar-refractivity contribution in [2.45, 2.75) is 19.8 Å². The van der Waals surface area contributed by atoms with E-state index >= 15 is 0 Å². The van der Waals surface area contributed by atoms with Crippen LogP contribution in [0.1, 0.15) is 24.0 Å². The summed E-state index contributed by atoms with van der Waals surface area (Å²) in [7, 11) is 1.49. The second-order valence-electron chi connectivity index (χ2n) is 7.31. The first-order chi connectivity index (χ1) is 15.5. The standard InChI is InChI=1S/C23H26N4O5/c1-16-5-8-18(9-6-16)25-22(29)23(30)26-24-14-17-7-10-19(20(13-17)31-2)32-15-21(28)27-11-3-4-12-27/h5-10,13-14H,3-4,11-12,15H2,1-2H3,(H,25,29)(H,26,30)/b24-14-. The van der Waals surface area contributed by atoms with Crippen molar-refractivity contribution in [1.29, 1.82) is 0 Å². The smallest absolute Gasteiger partial charge is 0.329 e. The van der Waals surface area contributed by atoms with E-state index < -0.39 is 11.8 Å². The fourth-order valence-electron chi connectivity index (χ4n) is 3.12. The number of hydrazone groups is 1. The van der Waals surface area contributed by atoms with Crippen LogP contribution in [0.5, 0.6) is 11.5 Å². The van der Waals surface area contributed by atoms with Crippen LogP contribution in [-0.4, -0.2) is 55.6 Å². The molecular formula is C23H26N4O5. The van der Waals surface area contributed by atoms with Gasteiger partial charge in [-0.05, 0) is 55.7 Å². The Hall–Kier alpha value is -3.88. The molecule has 9 nitrogen and oxygen atoms in total. The van der Waals surface area contributed by atoms with Crippen molar-refractivity contribution < 1.29 is 23.9 Å². The summed E-state index contributed by atoms with van der Waals surface area (Å²) in [6, 6.07) is 12.1. The molecule has 1 fully saturated rings. The fourth-order valence-corrected chi connectivity index (χ4v) is 3.12. The molecule has 0 aromatic heterocycles. The van der Waals surface area contributed by atoms with Gasteiger partial charge in [-0.15, -0.1) is 0 Å². The monoisotopic (exact) mass is 438 g/mol. The average molecular weight is 438 g/mol. The maximum atomic E-state index is 12.1. The number of hydrogen-bond acceptors (Lipinski definition) is 6. The number of rotatable bonds is 7. The van der Waals surface area contributed by atoms with E-state index in [4.69, 9.17) is 9.47 Å². The number of amides is 3. The highest BCUT2D eigenvalue weighted by molar-refractivity contribution is 6.39. The molecule has 2 aromatic carbocycles. The van der Waals surface area contributed by atoms with Crippen molar-refractivity contribution in [2.24, 2.45) is 5.10 Å². The molecule has 3 amide bonds. The minimum atomic E-state index is -0.894. The van der Waals surface area contributed by atoms with E-state index in [9.17, 15) is 14.4 Å². The number of methoxy groups -OCH3 is 1. The largest absolute Gasteiger partial charge is 0.493 e. The van der Waals surface area contributed by atoms with E-state index in [0.717, 1.165) is 31.5 Å². The third-order valence-corrected chi connectivity index (χ3v) is 4.89. The maximum Gasteiger partial charge on any atom is 0.329 e. The molecule has 9 heteroatoms. The minimum Gasteiger partial charge on any atom is -0.493 e. The molecule has 168 valence electrons. The van der Waals surface area contributed by atoms with Gasteiger partial charge in [0.1, 0.15) is 0 Å². The van der Waals surface area contributed by atoms with E-state index in [1.165, 1.54) is 13.3 Å². The predicted molar refractivity (Wildman–Crippen MR) is 120 cm³/mol. The number of nitrogens with zero attached hydrogens (tertiary/aromatic N) is 2. The first kappa shape index (κ1) is 22.8. The van der Waals surface area contributed by atoms with Gasteiger partial charge in [-0.1, -0.05) is 17.7 Å². The van der Waals surface area contributed by atoms with Crippen molar-refractivity contribution in [3.05, 3.63) is 53.6 Å². The Balaban J connectivity index is 1.52. The normalized spacial score (nSPS) is 13.1. The zero-order chi connectivity index (χ0) is 22.9. The lowest BCUT2D eigenvalue weighted by Crippen LogP contribution is -2.32. The number of anilines is 1. The zero-order valence-corrected chi connectivity index (χ0v) is 18.1. The van der Waals surface area contributed by atoms with Gasteiger partial charge in [0.2, 0.25) is 0 Å². The summed E-state index contributed by atoms with van der Waals surface area (Å²) in [6.45, 7) is 3.40. The summed E-state index contributed by atoms with van der Waals surface area (Å²) in [6.07, 6.45) is 3.42. The molecule has 0 aliphatic carbocycles. The molecule has 0 spiro atoms. The van der Waals surface area contributed by atoms with E-state index in [1.54, 1.807) is 35.2 Å². The molecule has 3 rings (SSSR count). The predicted octanol–water partition coefficient (Wildman–Crippen LogP) is 2.09. The van der Waals surface area contributed by atoms with Crippen molar-refractivity contribution in [2.75, 3.05) is 32.1 Å². The summed E-state index contributed by atoms with van der Waals surface area (Å²) < 4.78 is 10.9. The molecule has 0 bridgehead atoms. The summed E-state index contributed by atoms with van der Waals surface area (Å²) in [5, 5.41) is 6.30. The van der Waals surface area contributed by atoms with Gasteiger partial charge in [0.15, 0.2) is 18.1 Å². The van der Waals surface area contributed by atoms with Gasteiger partial charge < -0.3 is 19.7 Å². The van der Waals surface area contributed by atoms with Crippen LogP contribution >= 0.6 is 0 Å². The van der Waals surface area contributed by atoms with Crippen LogP contribution in [0, 0.1) is 6.92 Å². The molecule has 32 heavy (non-hydrogen) atoms. The maximum absolute atomic E-state index is 12.1. The van der Waals surface area contributed by atoms with Gasteiger partial charge in [-0.3, -0.25) is 14.4 Å². The fraction of sp³-hybridized carbons (Fsp3) is 0.304. The summed E-state index contributed by atoms with van der Waals surface area (Å²) in [5.74, 6) is -0.920. The Morgan fingerprint density at radius 3 is 2.44 bits per heavy atom. The van der Waals surface area contributed by atoms with Gasteiger partial charge in [-0.25, -0.2) is 5.43 Å². The van der Waals surface area contributed by atoms with Crippen LogP contribution in [0.15, 0.2) is 47.6 Å². The highest BCUT2D eigenvalue weighted by Gasteiger charge is 2.19. The van der Waals surface area contributed by atoms with Gasteiger partial charge in [-0.2, -0.15) is 5.10 Å². The Labute approximate surface area is 186 Å². The third kappa shape index (κ3) is 6.31. The van der Waals surface area contributed by atoms with Crippen LogP contribution in [0.25, 0.3) is 0 Å². The number of benzene rings is 2. The number of carbonyl (C=O) groups is 3. The molecule has 1 aliphatic heterocycles. The Morgan fingerprint density at radius 1 is 1.03 bits per heavy atom. The van der Waals surface area contributed by atoms with E-state index in [2.05, 4.69) is 15.8 Å². The summed E-state index contributed by atoms with van der Waals surface area (Å²) in [4.78, 5) is 37.8. The van der Waals surface area contributed by atoms with Gasteiger partial charge in [0, 0.05) is 18.8 Å². The van der Waals surface area contributed by atoms with Crippen molar-refractivity contribution >= 4 is 29.6 Å². The lowest BCUT2D eigenvalue weighted by molar-refractivity contribution is -0.136. The highest BCUT2D eigenvalue weighted by Crippen LogP contribution is 2.27. The minimum absolute atomic E-state index is 0.0539.